The van der Waals surface area contributed by atoms with Gasteiger partial charge in [-0.25, -0.2) is 0 Å². The second-order valence-corrected chi connectivity index (χ2v) is 20.4. The Morgan fingerprint density at radius 1 is 0.947 bits per heavy atom. The van der Waals surface area contributed by atoms with E-state index in [2.05, 4.69) is 80.9 Å². The molecule has 0 rings (SSSR count). The zero-order valence-electron chi connectivity index (χ0n) is 14.2. The van der Waals surface area contributed by atoms with Crippen LogP contribution in [0.25, 0.3) is 0 Å². The summed E-state index contributed by atoms with van der Waals surface area (Å²) in [5.41, 5.74) is 0. The molecular weight excluding hydrogens is 349 g/mol. The lowest BCUT2D eigenvalue weighted by Crippen LogP contribution is -2.48. The molecule has 0 aromatic carbocycles. The minimum absolute atomic E-state index is 1.07. The maximum atomic E-state index is 3.81. The average molecular weight is 380 g/mol. The minimum atomic E-state index is -1.19. The molecule has 0 unspecified atom stereocenters. The highest BCUT2D eigenvalue weighted by molar-refractivity contribution is 9.11. The van der Waals surface area contributed by atoms with Crippen LogP contribution in [0, 0.1) is 0 Å². The summed E-state index contributed by atoms with van der Waals surface area (Å²) in [5.74, 6) is 0. The Kier molecular flexibility index (Phi) is 7.83. The van der Waals surface area contributed by atoms with Gasteiger partial charge in [0.2, 0.25) is 0 Å². The van der Waals surface area contributed by atoms with Crippen molar-refractivity contribution in [1.29, 1.82) is 0 Å². The van der Waals surface area contributed by atoms with Gasteiger partial charge in [-0.05, 0) is 36.7 Å². The topological polar surface area (TPSA) is 3.24 Å². The summed E-state index contributed by atoms with van der Waals surface area (Å²) in [6.45, 7) is 23.8. The van der Waals surface area contributed by atoms with Crippen molar-refractivity contribution < 1.29 is 0 Å². The number of hydrogen-bond acceptors (Lipinski definition) is 1. The molecule has 0 aliphatic rings. The van der Waals surface area contributed by atoms with E-state index in [0.717, 1.165) is 13.1 Å². The molecular formula is C14H31BrNPSi2. The van der Waals surface area contributed by atoms with Gasteiger partial charge in [-0.15, -0.1) is 0 Å². The van der Waals surface area contributed by atoms with Crippen LogP contribution in [-0.2, 0) is 0 Å². The Bertz CT molecular complexity index is 345. The molecule has 0 aromatic rings. The fraction of sp³-hybridized carbons (Fsp3) is 0.786. The van der Waals surface area contributed by atoms with Gasteiger partial charge in [0.1, 0.15) is 0 Å². The SMILES string of the molecule is CCN(CC)/C(Br)=C(\C)P=C([Si](C)(C)C)[Si](C)(C)C. The molecule has 1 nitrogen and oxygen atoms in total. The first-order valence-electron chi connectivity index (χ1n) is 7.16. The van der Waals surface area contributed by atoms with Crippen LogP contribution in [0.3, 0.4) is 0 Å². The third-order valence-corrected chi connectivity index (χ3v) is 17.3. The first-order chi connectivity index (χ1) is 8.45. The summed E-state index contributed by atoms with van der Waals surface area (Å²) in [6, 6.07) is 0. The van der Waals surface area contributed by atoms with E-state index < -0.39 is 16.1 Å². The maximum absolute atomic E-state index is 3.81. The van der Waals surface area contributed by atoms with E-state index in [1.807, 2.05) is 4.54 Å². The Morgan fingerprint density at radius 2 is 1.32 bits per heavy atom. The molecule has 0 aliphatic carbocycles. The molecule has 19 heavy (non-hydrogen) atoms. The van der Waals surface area contributed by atoms with Crippen LogP contribution >= 0.6 is 24.1 Å². The Morgan fingerprint density at radius 3 is 1.58 bits per heavy atom. The maximum Gasteiger partial charge on any atom is 0.0881 e. The van der Waals surface area contributed by atoms with E-state index in [4.69, 9.17) is 0 Å². The molecule has 0 N–H and O–H groups in total. The summed E-state index contributed by atoms with van der Waals surface area (Å²) in [5, 5.41) is 1.48. The lowest BCUT2D eigenvalue weighted by molar-refractivity contribution is 0.410. The van der Waals surface area contributed by atoms with Crippen LogP contribution in [0.15, 0.2) is 9.92 Å². The van der Waals surface area contributed by atoms with Crippen molar-refractivity contribution in [3.63, 3.8) is 0 Å². The van der Waals surface area contributed by atoms with Crippen molar-refractivity contribution in [3.05, 3.63) is 9.92 Å². The van der Waals surface area contributed by atoms with Gasteiger partial charge in [0.05, 0.1) is 20.8 Å². The molecule has 0 spiro atoms. The molecule has 0 aliphatic heterocycles. The highest BCUT2D eigenvalue weighted by Crippen LogP contribution is 2.31. The van der Waals surface area contributed by atoms with Gasteiger partial charge in [-0.3, -0.25) is 0 Å². The van der Waals surface area contributed by atoms with Gasteiger partial charge >= 0.3 is 0 Å². The van der Waals surface area contributed by atoms with Crippen molar-refractivity contribution >= 4 is 44.8 Å². The van der Waals surface area contributed by atoms with E-state index in [0.29, 0.717) is 0 Å². The molecule has 0 aromatic heterocycles. The third-order valence-electron chi connectivity index (χ3n) is 3.04. The molecule has 112 valence electrons. The van der Waals surface area contributed by atoms with E-state index in [-0.39, 0.29) is 0 Å². The van der Waals surface area contributed by atoms with Crippen LogP contribution in [0.2, 0.25) is 39.3 Å². The number of rotatable bonds is 6. The second kappa shape index (κ2) is 7.58. The van der Waals surface area contributed by atoms with E-state index in [1.54, 1.807) is 0 Å². The largest absolute Gasteiger partial charge is 0.366 e. The number of allylic oxidation sites excluding steroid dienone is 1. The van der Waals surface area contributed by atoms with Gasteiger partial charge in [0, 0.05) is 18.4 Å². The van der Waals surface area contributed by atoms with Crippen LogP contribution < -0.4 is 0 Å². The van der Waals surface area contributed by atoms with Crippen molar-refractivity contribution in [1.82, 2.24) is 4.90 Å². The van der Waals surface area contributed by atoms with Gasteiger partial charge < -0.3 is 4.90 Å². The number of nitrogens with zero attached hydrogens (tertiary/aromatic N) is 1. The Labute approximate surface area is 132 Å². The van der Waals surface area contributed by atoms with Crippen LogP contribution in [0.5, 0.6) is 0 Å². The molecule has 0 heterocycles. The predicted molar refractivity (Wildman–Crippen MR) is 103 cm³/mol. The monoisotopic (exact) mass is 379 g/mol. The van der Waals surface area contributed by atoms with E-state index in [9.17, 15) is 0 Å². The van der Waals surface area contributed by atoms with Crippen LogP contribution in [-0.4, -0.2) is 38.7 Å². The first kappa shape index (κ1) is 19.6. The minimum Gasteiger partial charge on any atom is -0.366 e. The Hall–Kier alpha value is 0.624. The fourth-order valence-electron chi connectivity index (χ4n) is 2.40. The lowest BCUT2D eigenvalue weighted by atomic mass is 10.5. The lowest BCUT2D eigenvalue weighted by Gasteiger charge is -2.31. The number of hydrogen-bond donors (Lipinski definition) is 0. The molecule has 0 amide bonds. The summed E-state index contributed by atoms with van der Waals surface area (Å²) >= 11 is 3.81. The van der Waals surface area contributed by atoms with Crippen molar-refractivity contribution in [2.24, 2.45) is 0 Å². The summed E-state index contributed by atoms with van der Waals surface area (Å²) in [4.78, 5) is 2.40. The second-order valence-electron chi connectivity index (χ2n) is 7.01. The smallest absolute Gasteiger partial charge is 0.0881 e. The zero-order chi connectivity index (χ0) is 15.4. The normalized spacial score (nSPS) is 14.4. The summed E-state index contributed by atoms with van der Waals surface area (Å²) in [7, 11) is -0.903. The summed E-state index contributed by atoms with van der Waals surface area (Å²) < 4.78 is 3.16. The highest BCUT2D eigenvalue weighted by atomic mass is 79.9. The van der Waals surface area contributed by atoms with Gasteiger partial charge in [-0.2, -0.15) is 0 Å². The number of halogens is 1. The molecule has 0 radical (unpaired) electrons. The molecule has 0 atom stereocenters. The summed E-state index contributed by atoms with van der Waals surface area (Å²) in [6.07, 6.45) is 0. The van der Waals surface area contributed by atoms with Crippen molar-refractivity contribution in [3.8, 4) is 0 Å². The van der Waals surface area contributed by atoms with Gasteiger partial charge in [0.25, 0.3) is 0 Å². The van der Waals surface area contributed by atoms with Crippen molar-refractivity contribution in [2.45, 2.75) is 60.1 Å². The Balaban J connectivity index is 5.66. The highest BCUT2D eigenvalue weighted by Gasteiger charge is 2.31. The van der Waals surface area contributed by atoms with Crippen LogP contribution in [0.1, 0.15) is 20.8 Å². The average Bonchev–Trinajstić information content (AvgIpc) is 2.23. The van der Waals surface area contributed by atoms with Crippen molar-refractivity contribution in [2.75, 3.05) is 13.1 Å². The molecule has 0 bridgehead atoms. The molecule has 0 saturated carbocycles. The molecule has 5 heteroatoms. The van der Waals surface area contributed by atoms with Gasteiger partial charge in [0.15, 0.2) is 0 Å². The standard InChI is InChI=1S/C14H31BrNPSi2/c1-10-16(11-2)13(15)12(3)17-14(18(4,5)6)19(7,8)9/h10-11H2,1-9H3/b13-12+. The van der Waals surface area contributed by atoms with E-state index in [1.165, 1.54) is 18.1 Å². The first-order valence-corrected chi connectivity index (χ1v) is 15.8. The molecule has 0 saturated heterocycles. The van der Waals surface area contributed by atoms with E-state index >= 15 is 0 Å². The molecule has 0 fully saturated rings. The van der Waals surface area contributed by atoms with Gasteiger partial charge in [-0.1, -0.05) is 52.0 Å². The zero-order valence-corrected chi connectivity index (χ0v) is 18.7. The fourth-order valence-corrected chi connectivity index (χ4v) is 16.4. The third kappa shape index (κ3) is 6.28. The predicted octanol–water partition coefficient (Wildman–Crippen LogP) is 5.79. The van der Waals surface area contributed by atoms with Crippen LogP contribution in [0.4, 0.5) is 0 Å². The quantitative estimate of drug-likeness (QED) is 0.320.